The SMILES string of the molecule is COc1ccc2c3c1OC1C(=O)[C@@H](C)[C@H](C)[C@@H]4[C@@H](C2)N(CC2CC2)CC[C@]314. The number of methoxy groups -OCH3 is 1. The number of piperidine rings is 1. The van der Waals surface area contributed by atoms with E-state index in [2.05, 4.69) is 24.8 Å². The number of nitrogens with zero attached hydrogens (tertiary/aromatic N) is 1. The minimum atomic E-state index is -0.315. The summed E-state index contributed by atoms with van der Waals surface area (Å²) in [4.78, 5) is 16.1. The van der Waals surface area contributed by atoms with Crippen LogP contribution in [0.25, 0.3) is 0 Å². The molecule has 1 unspecified atom stereocenters. The Morgan fingerprint density at radius 1 is 1.30 bits per heavy atom. The summed E-state index contributed by atoms with van der Waals surface area (Å²) in [7, 11) is 1.70. The lowest BCUT2D eigenvalue weighted by atomic mass is 9.47. The van der Waals surface area contributed by atoms with Crippen LogP contribution in [0.1, 0.15) is 44.2 Å². The summed E-state index contributed by atoms with van der Waals surface area (Å²) in [5.74, 6) is 3.84. The van der Waals surface area contributed by atoms with Crippen molar-refractivity contribution in [1.29, 1.82) is 0 Å². The first-order valence-electron chi connectivity index (χ1n) is 10.7. The number of carbonyl (C=O) groups excluding carboxylic acids is 1. The van der Waals surface area contributed by atoms with Gasteiger partial charge in [0.05, 0.1) is 7.11 Å². The Morgan fingerprint density at radius 2 is 2.11 bits per heavy atom. The Labute approximate surface area is 161 Å². The first-order valence-corrected chi connectivity index (χ1v) is 10.7. The van der Waals surface area contributed by atoms with E-state index in [0.29, 0.717) is 23.7 Å². The van der Waals surface area contributed by atoms with Gasteiger partial charge in [0.1, 0.15) is 0 Å². The number of likely N-dealkylation sites (tertiary alicyclic amines) is 1. The average Bonchev–Trinajstić information content (AvgIpc) is 3.42. The summed E-state index contributed by atoms with van der Waals surface area (Å²) in [6, 6.07) is 4.82. The van der Waals surface area contributed by atoms with Crippen LogP contribution in [0.3, 0.4) is 0 Å². The molecule has 144 valence electrons. The molecule has 5 aliphatic rings. The van der Waals surface area contributed by atoms with Gasteiger partial charge in [-0.2, -0.15) is 0 Å². The molecule has 1 saturated heterocycles. The van der Waals surface area contributed by atoms with Gasteiger partial charge in [0.2, 0.25) is 0 Å². The molecule has 2 heterocycles. The van der Waals surface area contributed by atoms with Gasteiger partial charge < -0.3 is 9.47 Å². The Morgan fingerprint density at radius 3 is 2.85 bits per heavy atom. The lowest BCUT2D eigenvalue weighted by molar-refractivity contribution is -0.151. The molecule has 1 aromatic carbocycles. The number of Topliss-reactive ketones (excluding diaryl/α,β-unsaturated/α-hetero) is 1. The van der Waals surface area contributed by atoms with Crippen LogP contribution in [0.4, 0.5) is 0 Å². The van der Waals surface area contributed by atoms with E-state index in [9.17, 15) is 4.79 Å². The van der Waals surface area contributed by atoms with Crippen LogP contribution in [0.15, 0.2) is 12.1 Å². The molecular weight excluding hydrogens is 338 g/mol. The molecule has 6 rings (SSSR count). The van der Waals surface area contributed by atoms with Crippen molar-refractivity contribution in [3.05, 3.63) is 23.3 Å². The van der Waals surface area contributed by atoms with Crippen LogP contribution in [-0.2, 0) is 16.6 Å². The second-order valence-corrected chi connectivity index (χ2v) is 9.71. The summed E-state index contributed by atoms with van der Waals surface area (Å²) in [5.41, 5.74) is 2.58. The monoisotopic (exact) mass is 367 g/mol. The van der Waals surface area contributed by atoms with Crippen molar-refractivity contribution in [3.63, 3.8) is 0 Å². The van der Waals surface area contributed by atoms with Crippen LogP contribution in [-0.4, -0.2) is 43.0 Å². The normalized spacial score (nSPS) is 41.9. The number of hydrogen-bond acceptors (Lipinski definition) is 4. The maximum absolute atomic E-state index is 13.4. The summed E-state index contributed by atoms with van der Waals surface area (Å²) in [5, 5.41) is 0. The summed E-state index contributed by atoms with van der Waals surface area (Å²) < 4.78 is 12.1. The number of benzene rings is 1. The van der Waals surface area contributed by atoms with Gasteiger partial charge in [-0.1, -0.05) is 19.9 Å². The third-order valence-corrected chi connectivity index (χ3v) is 8.57. The van der Waals surface area contributed by atoms with Crippen LogP contribution in [0, 0.1) is 23.7 Å². The molecule has 3 aliphatic carbocycles. The van der Waals surface area contributed by atoms with E-state index in [1.165, 1.54) is 30.5 Å². The molecule has 0 amide bonds. The molecule has 4 heteroatoms. The molecule has 6 atom stereocenters. The second kappa shape index (κ2) is 5.28. The zero-order valence-corrected chi connectivity index (χ0v) is 16.5. The van der Waals surface area contributed by atoms with Gasteiger partial charge in [-0.05, 0) is 61.6 Å². The third kappa shape index (κ3) is 1.90. The molecule has 0 N–H and O–H groups in total. The van der Waals surface area contributed by atoms with E-state index in [1.807, 2.05) is 6.07 Å². The minimum absolute atomic E-state index is 0.0679. The Hall–Kier alpha value is -1.55. The molecule has 1 spiro atoms. The highest BCUT2D eigenvalue weighted by Crippen LogP contribution is 2.65. The quantitative estimate of drug-likeness (QED) is 0.822. The molecule has 0 radical (unpaired) electrons. The number of ketones is 1. The van der Waals surface area contributed by atoms with Crippen molar-refractivity contribution >= 4 is 5.78 Å². The van der Waals surface area contributed by atoms with Crippen LogP contribution in [0.5, 0.6) is 11.5 Å². The zero-order chi connectivity index (χ0) is 18.5. The van der Waals surface area contributed by atoms with Gasteiger partial charge in [-0.25, -0.2) is 0 Å². The maximum Gasteiger partial charge on any atom is 0.177 e. The van der Waals surface area contributed by atoms with E-state index in [1.54, 1.807) is 7.11 Å². The number of ether oxygens (including phenoxy) is 2. The molecule has 1 aromatic rings. The van der Waals surface area contributed by atoms with Crippen molar-refractivity contribution in [2.45, 2.75) is 57.1 Å². The average molecular weight is 367 g/mol. The Kier molecular flexibility index (Phi) is 3.21. The smallest absolute Gasteiger partial charge is 0.177 e. The van der Waals surface area contributed by atoms with Crippen LogP contribution in [0.2, 0.25) is 0 Å². The highest BCUT2D eigenvalue weighted by atomic mass is 16.5. The van der Waals surface area contributed by atoms with E-state index < -0.39 is 0 Å². The largest absolute Gasteiger partial charge is 0.493 e. The number of hydrogen-bond donors (Lipinski definition) is 0. The highest BCUT2D eigenvalue weighted by Gasteiger charge is 2.69. The van der Waals surface area contributed by atoms with Crippen molar-refractivity contribution in [3.8, 4) is 11.5 Å². The summed E-state index contributed by atoms with van der Waals surface area (Å²) in [6.45, 7) is 6.79. The molecule has 4 nitrogen and oxygen atoms in total. The summed E-state index contributed by atoms with van der Waals surface area (Å²) >= 11 is 0. The fourth-order valence-electron chi connectivity index (χ4n) is 7.03. The van der Waals surface area contributed by atoms with E-state index in [4.69, 9.17) is 9.47 Å². The Bertz CT molecular complexity index is 831. The molecule has 3 fully saturated rings. The van der Waals surface area contributed by atoms with Crippen molar-refractivity contribution in [1.82, 2.24) is 4.90 Å². The van der Waals surface area contributed by atoms with Crippen LogP contribution < -0.4 is 9.47 Å². The third-order valence-electron chi connectivity index (χ3n) is 8.57. The lowest BCUT2D eigenvalue weighted by Gasteiger charge is -2.61. The van der Waals surface area contributed by atoms with Gasteiger partial charge in [-0.3, -0.25) is 9.69 Å². The van der Waals surface area contributed by atoms with Gasteiger partial charge in [0.25, 0.3) is 0 Å². The maximum atomic E-state index is 13.4. The first kappa shape index (κ1) is 16.4. The number of carbonyl (C=O) groups is 1. The molecular formula is C23H29NO3. The van der Waals surface area contributed by atoms with Gasteiger partial charge in [0, 0.05) is 29.5 Å². The standard InChI is InChI=1S/C23H29NO3/c1-12-13(2)20(25)22-23-8-9-24(11-14-4-5-14)16(18(12)23)10-15-6-7-17(26-3)21(27-22)19(15)23/h6-7,12-14,16,18,22H,4-5,8-11H2,1-3H3/t12-,13-,16+,18+,22?,23-/m0/s1. The van der Waals surface area contributed by atoms with E-state index in [0.717, 1.165) is 36.8 Å². The first-order chi connectivity index (χ1) is 13.1. The zero-order valence-electron chi connectivity index (χ0n) is 16.5. The van der Waals surface area contributed by atoms with Crippen molar-refractivity contribution in [2.24, 2.45) is 23.7 Å². The topological polar surface area (TPSA) is 38.8 Å². The van der Waals surface area contributed by atoms with Crippen LogP contribution >= 0.6 is 0 Å². The lowest BCUT2D eigenvalue weighted by Crippen LogP contribution is -2.69. The Balaban J connectivity index is 1.56. The summed E-state index contributed by atoms with van der Waals surface area (Å²) in [6.07, 6.45) is 4.61. The predicted octanol–water partition coefficient (Wildman–Crippen LogP) is 3.21. The fraction of sp³-hybridized carbons (Fsp3) is 0.696. The van der Waals surface area contributed by atoms with E-state index >= 15 is 0 Å². The highest BCUT2D eigenvalue weighted by molar-refractivity contribution is 5.91. The number of rotatable bonds is 3. The minimum Gasteiger partial charge on any atom is -0.493 e. The predicted molar refractivity (Wildman–Crippen MR) is 102 cm³/mol. The van der Waals surface area contributed by atoms with Gasteiger partial charge in [0.15, 0.2) is 23.4 Å². The molecule has 2 saturated carbocycles. The molecule has 0 aromatic heterocycles. The second-order valence-electron chi connectivity index (χ2n) is 9.71. The van der Waals surface area contributed by atoms with Crippen molar-refractivity contribution in [2.75, 3.05) is 20.2 Å². The molecule has 2 aliphatic heterocycles. The van der Waals surface area contributed by atoms with Gasteiger partial charge in [-0.15, -0.1) is 0 Å². The molecule has 2 bridgehead atoms. The van der Waals surface area contributed by atoms with E-state index in [-0.39, 0.29) is 17.4 Å². The van der Waals surface area contributed by atoms with Gasteiger partial charge >= 0.3 is 0 Å². The molecule has 27 heavy (non-hydrogen) atoms. The fourth-order valence-corrected chi connectivity index (χ4v) is 7.03. The van der Waals surface area contributed by atoms with Crippen molar-refractivity contribution < 1.29 is 14.3 Å².